The van der Waals surface area contributed by atoms with E-state index in [0.29, 0.717) is 0 Å². The maximum atomic E-state index is 10.2. The summed E-state index contributed by atoms with van der Waals surface area (Å²) in [7, 11) is 0. The van der Waals surface area contributed by atoms with E-state index in [2.05, 4.69) is 0 Å². The Balaban J connectivity index is 3.52. The van der Waals surface area contributed by atoms with Crippen molar-refractivity contribution in [2.45, 2.75) is 23.8 Å². The standard InChI is InChI=1S/C5H11AsO2/c1-3-4(6-2)5(7)8/h4,6H,3H2,1-2H3,(H,7,8). The van der Waals surface area contributed by atoms with Crippen molar-refractivity contribution >= 4 is 21.7 Å². The van der Waals surface area contributed by atoms with Crippen molar-refractivity contribution in [1.82, 2.24) is 0 Å². The zero-order valence-electron chi connectivity index (χ0n) is 5.14. The van der Waals surface area contributed by atoms with Gasteiger partial charge in [-0.05, 0) is 0 Å². The molecular formula is C5H11AsO2. The fourth-order valence-corrected chi connectivity index (χ4v) is 1.88. The molecule has 0 aromatic rings. The van der Waals surface area contributed by atoms with Gasteiger partial charge in [-0.3, -0.25) is 0 Å². The molecule has 0 saturated carbocycles. The van der Waals surface area contributed by atoms with Gasteiger partial charge in [-0.25, -0.2) is 0 Å². The molecule has 2 nitrogen and oxygen atoms in total. The zero-order chi connectivity index (χ0) is 6.57. The normalized spacial score (nSPS) is 14.8. The molecule has 0 fully saturated rings. The number of rotatable bonds is 3. The third-order valence-corrected chi connectivity index (χ3v) is 3.89. The Morgan fingerprint density at radius 3 is 2.38 bits per heavy atom. The third kappa shape index (κ3) is 2.36. The number of aliphatic carboxylic acids is 1. The Hall–Kier alpha value is 0.0284. The molecule has 0 spiro atoms. The minimum atomic E-state index is -0.616. The molecular weight excluding hydrogens is 167 g/mol. The molecule has 0 aliphatic rings. The molecule has 2 unspecified atom stereocenters. The Bertz CT molecular complexity index is 78.5. The number of hydrogen-bond donors (Lipinski definition) is 1. The van der Waals surface area contributed by atoms with Crippen molar-refractivity contribution in [2.24, 2.45) is 0 Å². The molecule has 0 saturated heterocycles. The van der Waals surface area contributed by atoms with Crippen molar-refractivity contribution in [3.63, 3.8) is 0 Å². The summed E-state index contributed by atoms with van der Waals surface area (Å²) in [4.78, 5) is 10.2. The summed E-state index contributed by atoms with van der Waals surface area (Å²) in [5.41, 5.74) is 2.02. The summed E-state index contributed by atoms with van der Waals surface area (Å²) in [5.74, 6) is -0.616. The van der Waals surface area contributed by atoms with Gasteiger partial charge in [0.15, 0.2) is 0 Å². The van der Waals surface area contributed by atoms with Crippen LogP contribution in [0.5, 0.6) is 0 Å². The first kappa shape index (κ1) is 8.03. The average Bonchev–Trinajstić information content (AvgIpc) is 1.69. The van der Waals surface area contributed by atoms with Gasteiger partial charge in [0.25, 0.3) is 0 Å². The predicted octanol–water partition coefficient (Wildman–Crippen LogP) is 0.754. The molecule has 0 amide bonds. The summed E-state index contributed by atoms with van der Waals surface area (Å²) in [5, 5.41) is 8.40. The van der Waals surface area contributed by atoms with Crippen LogP contribution in [0, 0.1) is 0 Å². The first-order valence-corrected chi connectivity index (χ1v) is 5.93. The average molecular weight is 178 g/mol. The minimum absolute atomic E-state index is 0.00463. The second kappa shape index (κ2) is 3.96. The number of hydrogen-bond acceptors (Lipinski definition) is 1. The molecule has 0 aliphatic carbocycles. The number of carboxylic acids is 1. The molecule has 0 aromatic heterocycles. The van der Waals surface area contributed by atoms with E-state index in [1.807, 2.05) is 12.6 Å². The Labute approximate surface area is 56.0 Å². The van der Waals surface area contributed by atoms with Crippen LogP contribution in [0.15, 0.2) is 0 Å². The van der Waals surface area contributed by atoms with Crippen LogP contribution in [-0.4, -0.2) is 26.8 Å². The van der Waals surface area contributed by atoms with Crippen molar-refractivity contribution in [1.29, 1.82) is 0 Å². The molecule has 0 heterocycles. The van der Waals surface area contributed by atoms with Crippen molar-refractivity contribution in [2.75, 3.05) is 0 Å². The van der Waals surface area contributed by atoms with Gasteiger partial charge >= 0.3 is 55.4 Å². The zero-order valence-corrected chi connectivity index (χ0v) is 7.24. The van der Waals surface area contributed by atoms with Gasteiger partial charge in [-0.15, -0.1) is 0 Å². The van der Waals surface area contributed by atoms with Crippen molar-refractivity contribution < 1.29 is 9.90 Å². The quantitative estimate of drug-likeness (QED) is 0.647. The summed E-state index contributed by atoms with van der Waals surface area (Å²) < 4.78 is -0.00463. The van der Waals surface area contributed by atoms with Crippen LogP contribution in [0.3, 0.4) is 0 Å². The Morgan fingerprint density at radius 1 is 1.88 bits per heavy atom. The molecule has 0 bridgehead atoms. The molecule has 1 N–H and O–H groups in total. The van der Waals surface area contributed by atoms with E-state index in [9.17, 15) is 4.79 Å². The summed E-state index contributed by atoms with van der Waals surface area (Å²) >= 11 is -0.213. The van der Waals surface area contributed by atoms with Gasteiger partial charge in [0.05, 0.1) is 0 Å². The van der Waals surface area contributed by atoms with E-state index in [1.165, 1.54) is 0 Å². The van der Waals surface area contributed by atoms with Crippen LogP contribution in [0.1, 0.15) is 13.3 Å². The van der Waals surface area contributed by atoms with E-state index in [1.54, 1.807) is 0 Å². The van der Waals surface area contributed by atoms with Crippen LogP contribution >= 0.6 is 0 Å². The summed E-state index contributed by atoms with van der Waals surface area (Å²) in [6.07, 6.45) is 0.797. The fraction of sp³-hybridized carbons (Fsp3) is 0.800. The van der Waals surface area contributed by atoms with Gasteiger partial charge in [0, 0.05) is 0 Å². The van der Waals surface area contributed by atoms with Crippen LogP contribution in [0.2, 0.25) is 10.4 Å². The molecule has 48 valence electrons. The van der Waals surface area contributed by atoms with E-state index < -0.39 is 5.97 Å². The predicted molar refractivity (Wildman–Crippen MR) is 34.7 cm³/mol. The Kier molecular flexibility index (Phi) is 3.98. The third-order valence-electron chi connectivity index (χ3n) is 1.05. The van der Waals surface area contributed by atoms with Crippen LogP contribution in [-0.2, 0) is 4.79 Å². The second-order valence-corrected chi connectivity index (χ2v) is 4.26. The van der Waals surface area contributed by atoms with Crippen LogP contribution < -0.4 is 0 Å². The SMILES string of the molecule is CCC([AsH]C)C(=O)O. The van der Waals surface area contributed by atoms with E-state index in [0.717, 1.165) is 6.42 Å². The molecule has 8 heavy (non-hydrogen) atoms. The van der Waals surface area contributed by atoms with Gasteiger partial charge in [0.1, 0.15) is 0 Å². The first-order valence-electron chi connectivity index (χ1n) is 2.62. The van der Waals surface area contributed by atoms with E-state index in [-0.39, 0.29) is 20.5 Å². The van der Waals surface area contributed by atoms with Gasteiger partial charge in [-0.1, -0.05) is 0 Å². The number of carbonyl (C=O) groups is 1. The molecule has 3 heteroatoms. The van der Waals surface area contributed by atoms with Crippen molar-refractivity contribution in [3.05, 3.63) is 0 Å². The molecule has 0 aliphatic heterocycles. The van der Waals surface area contributed by atoms with E-state index in [4.69, 9.17) is 5.11 Å². The second-order valence-electron chi connectivity index (χ2n) is 1.59. The fourth-order valence-electron chi connectivity index (χ4n) is 0.502. The summed E-state index contributed by atoms with van der Waals surface area (Å²) in [6.45, 7) is 1.92. The van der Waals surface area contributed by atoms with Crippen LogP contribution in [0.25, 0.3) is 0 Å². The van der Waals surface area contributed by atoms with Gasteiger partial charge in [0.2, 0.25) is 0 Å². The Morgan fingerprint density at radius 2 is 2.38 bits per heavy atom. The van der Waals surface area contributed by atoms with Crippen LogP contribution in [0.4, 0.5) is 0 Å². The van der Waals surface area contributed by atoms with E-state index >= 15 is 0 Å². The van der Waals surface area contributed by atoms with Gasteiger partial charge in [-0.2, -0.15) is 0 Å². The van der Waals surface area contributed by atoms with Crippen molar-refractivity contribution in [3.8, 4) is 0 Å². The molecule has 0 radical (unpaired) electrons. The first-order chi connectivity index (χ1) is 3.72. The topological polar surface area (TPSA) is 37.3 Å². The summed E-state index contributed by atoms with van der Waals surface area (Å²) in [6, 6.07) is 0. The maximum absolute atomic E-state index is 10.2. The monoisotopic (exact) mass is 178 g/mol. The van der Waals surface area contributed by atoms with Gasteiger partial charge < -0.3 is 0 Å². The molecule has 2 atom stereocenters. The molecule has 0 aromatic carbocycles. The molecule has 0 rings (SSSR count). The number of carboxylic acid groups (broad SMARTS) is 1.